The van der Waals surface area contributed by atoms with Crippen LogP contribution in [0.25, 0.3) is 0 Å². The minimum absolute atomic E-state index is 0.589. The van der Waals surface area contributed by atoms with Crippen molar-refractivity contribution in [1.82, 2.24) is 4.90 Å². The summed E-state index contributed by atoms with van der Waals surface area (Å²) in [6.07, 6.45) is 0.778. The van der Waals surface area contributed by atoms with E-state index < -0.39 is 12.0 Å². The Labute approximate surface area is 59.6 Å². The van der Waals surface area contributed by atoms with Crippen LogP contribution in [0.2, 0.25) is 0 Å². The van der Waals surface area contributed by atoms with E-state index in [4.69, 9.17) is 5.11 Å². The van der Waals surface area contributed by atoms with E-state index in [-0.39, 0.29) is 0 Å². The second-order valence-corrected chi connectivity index (χ2v) is 2.29. The van der Waals surface area contributed by atoms with Crippen LogP contribution in [0, 0.1) is 11.8 Å². The highest BCUT2D eigenvalue weighted by Gasteiger charge is 2.20. The van der Waals surface area contributed by atoms with E-state index in [1.165, 1.54) is 0 Å². The molecular weight excluding hydrogens is 130 g/mol. The quantitative estimate of drug-likeness (QED) is 0.510. The first kappa shape index (κ1) is 7.10. The summed E-state index contributed by atoms with van der Waals surface area (Å²) in [5.41, 5.74) is 0. The van der Waals surface area contributed by atoms with Crippen molar-refractivity contribution in [2.45, 2.75) is 12.5 Å². The predicted octanol–water partition coefficient (Wildman–Crippen LogP) is -0.221. The lowest BCUT2D eigenvalue weighted by Crippen LogP contribution is -2.39. The molecule has 10 heavy (non-hydrogen) atoms. The third kappa shape index (κ3) is 1.28. The van der Waals surface area contributed by atoms with Gasteiger partial charge in [-0.15, -0.1) is 0 Å². The zero-order valence-electron chi connectivity index (χ0n) is 5.79. The first-order valence-corrected chi connectivity index (χ1v) is 3.13. The van der Waals surface area contributed by atoms with E-state index in [0.29, 0.717) is 0 Å². The van der Waals surface area contributed by atoms with Crippen molar-refractivity contribution in [1.29, 1.82) is 0 Å². The molecule has 54 valence electrons. The Morgan fingerprint density at radius 1 is 1.80 bits per heavy atom. The summed E-state index contributed by atoms with van der Waals surface area (Å²) in [5, 5.41) is 8.56. The van der Waals surface area contributed by atoms with E-state index in [1.54, 1.807) is 11.9 Å². The van der Waals surface area contributed by atoms with Crippen LogP contribution < -0.4 is 0 Å². The van der Waals surface area contributed by atoms with E-state index in [1.807, 2.05) is 0 Å². The molecule has 3 heteroatoms. The van der Waals surface area contributed by atoms with Gasteiger partial charge in [0.15, 0.2) is 6.04 Å². The van der Waals surface area contributed by atoms with Gasteiger partial charge in [0.1, 0.15) is 0 Å². The first-order valence-electron chi connectivity index (χ1n) is 3.13. The highest BCUT2D eigenvalue weighted by Crippen LogP contribution is 2.00. The summed E-state index contributed by atoms with van der Waals surface area (Å²) in [5.74, 6) is 4.57. The van der Waals surface area contributed by atoms with Crippen molar-refractivity contribution in [3.63, 3.8) is 0 Å². The number of hydrogen-bond acceptors (Lipinski definition) is 2. The van der Waals surface area contributed by atoms with Gasteiger partial charge in [-0.2, -0.15) is 0 Å². The fourth-order valence-electron chi connectivity index (χ4n) is 0.891. The molecule has 0 amide bonds. The van der Waals surface area contributed by atoms with Crippen molar-refractivity contribution in [2.24, 2.45) is 0 Å². The van der Waals surface area contributed by atoms with E-state index >= 15 is 0 Å². The minimum Gasteiger partial charge on any atom is -0.479 e. The number of carboxylic acids is 1. The summed E-state index contributed by atoms with van der Waals surface area (Å²) in [4.78, 5) is 12.2. The van der Waals surface area contributed by atoms with Crippen LogP contribution in [0.1, 0.15) is 6.42 Å². The lowest BCUT2D eigenvalue weighted by molar-refractivity contribution is -0.140. The molecule has 0 saturated carbocycles. The summed E-state index contributed by atoms with van der Waals surface area (Å²) < 4.78 is 0. The Bertz CT molecular complexity index is 201. The zero-order valence-corrected chi connectivity index (χ0v) is 5.79. The van der Waals surface area contributed by atoms with Crippen LogP contribution in [-0.4, -0.2) is 35.6 Å². The maximum Gasteiger partial charge on any atom is 0.333 e. The Kier molecular flexibility index (Phi) is 1.93. The Morgan fingerprint density at radius 3 is 2.90 bits per heavy atom. The normalized spacial score (nSPS) is 25.1. The predicted molar refractivity (Wildman–Crippen MR) is 36.4 cm³/mol. The van der Waals surface area contributed by atoms with Crippen molar-refractivity contribution in [3.8, 4) is 11.8 Å². The summed E-state index contributed by atoms with van der Waals surface area (Å²) in [6, 6.07) is -0.589. The average molecular weight is 139 g/mol. The number of nitrogens with zero attached hydrogens (tertiary/aromatic N) is 1. The van der Waals surface area contributed by atoms with Crippen LogP contribution in [-0.2, 0) is 4.79 Å². The Morgan fingerprint density at radius 2 is 2.50 bits per heavy atom. The molecule has 0 aliphatic carbocycles. The minimum atomic E-state index is -0.852. The van der Waals surface area contributed by atoms with Gasteiger partial charge in [-0.25, -0.2) is 4.79 Å². The largest absolute Gasteiger partial charge is 0.479 e. The monoisotopic (exact) mass is 139 g/mol. The molecule has 1 rings (SSSR count). The van der Waals surface area contributed by atoms with Crippen LogP contribution in [0.3, 0.4) is 0 Å². The van der Waals surface area contributed by atoms with Gasteiger partial charge in [0, 0.05) is 13.0 Å². The number of rotatable bonds is 1. The average Bonchev–Trinajstić information content (AvgIpc) is 1.88. The zero-order chi connectivity index (χ0) is 7.56. The number of carbonyl (C=O) groups is 1. The van der Waals surface area contributed by atoms with Gasteiger partial charge in [0.25, 0.3) is 0 Å². The molecule has 0 fully saturated rings. The smallest absolute Gasteiger partial charge is 0.333 e. The third-order valence-corrected chi connectivity index (χ3v) is 1.50. The summed E-state index contributed by atoms with van der Waals surface area (Å²) in [6.45, 7) is 0.754. The van der Waals surface area contributed by atoms with E-state index in [2.05, 4.69) is 11.8 Å². The van der Waals surface area contributed by atoms with Gasteiger partial charge >= 0.3 is 5.97 Å². The molecule has 1 aliphatic rings. The standard InChI is InChI=1S/C7H9NO2/c1-8-5-3-2-4-6(8)7(9)10/h6H,3,5H2,1H3,(H,9,10). The van der Waals surface area contributed by atoms with Crippen molar-refractivity contribution < 1.29 is 9.90 Å². The molecule has 1 N–H and O–H groups in total. The molecule has 0 aromatic rings. The maximum atomic E-state index is 10.4. The van der Waals surface area contributed by atoms with E-state index in [0.717, 1.165) is 13.0 Å². The van der Waals surface area contributed by atoms with E-state index in [9.17, 15) is 4.79 Å². The molecule has 0 radical (unpaired) electrons. The molecule has 0 bridgehead atoms. The molecule has 0 aromatic heterocycles. The van der Waals surface area contributed by atoms with Crippen molar-refractivity contribution in [3.05, 3.63) is 0 Å². The molecule has 0 spiro atoms. The van der Waals surface area contributed by atoms with Crippen LogP contribution in [0.4, 0.5) is 0 Å². The molecule has 3 nitrogen and oxygen atoms in total. The summed E-state index contributed by atoms with van der Waals surface area (Å²) >= 11 is 0. The van der Waals surface area contributed by atoms with Crippen molar-refractivity contribution >= 4 is 5.97 Å². The highest BCUT2D eigenvalue weighted by molar-refractivity contribution is 5.77. The Balaban J connectivity index is 2.70. The first-order chi connectivity index (χ1) is 4.72. The second-order valence-electron chi connectivity index (χ2n) is 2.29. The lowest BCUT2D eigenvalue weighted by atomic mass is 10.2. The lowest BCUT2D eigenvalue weighted by Gasteiger charge is -2.21. The van der Waals surface area contributed by atoms with Gasteiger partial charge in [0.05, 0.1) is 0 Å². The molecule has 1 atom stereocenters. The molecule has 0 saturated heterocycles. The van der Waals surface area contributed by atoms with Crippen LogP contribution in [0.5, 0.6) is 0 Å². The van der Waals surface area contributed by atoms with Gasteiger partial charge in [0.2, 0.25) is 0 Å². The van der Waals surface area contributed by atoms with Crippen molar-refractivity contribution in [2.75, 3.05) is 13.6 Å². The fraction of sp³-hybridized carbons (Fsp3) is 0.571. The van der Waals surface area contributed by atoms with Gasteiger partial charge < -0.3 is 5.11 Å². The molecule has 1 heterocycles. The van der Waals surface area contributed by atoms with Gasteiger partial charge in [-0.1, -0.05) is 11.8 Å². The molecular formula is C7H9NO2. The number of hydrogen-bond donors (Lipinski definition) is 1. The molecule has 1 unspecified atom stereocenters. The third-order valence-electron chi connectivity index (χ3n) is 1.50. The second kappa shape index (κ2) is 2.72. The van der Waals surface area contributed by atoms with Crippen LogP contribution >= 0.6 is 0 Å². The number of aliphatic carboxylic acids is 1. The topological polar surface area (TPSA) is 40.5 Å². The van der Waals surface area contributed by atoms with Gasteiger partial charge in [-0.3, -0.25) is 4.90 Å². The van der Waals surface area contributed by atoms with Gasteiger partial charge in [-0.05, 0) is 7.05 Å². The van der Waals surface area contributed by atoms with Crippen LogP contribution in [0.15, 0.2) is 0 Å². The Hall–Kier alpha value is -1.01. The number of carboxylic acid groups (broad SMARTS) is 1. The number of likely N-dealkylation sites (N-methyl/N-ethyl adjacent to an activating group) is 1. The maximum absolute atomic E-state index is 10.4. The highest BCUT2D eigenvalue weighted by atomic mass is 16.4. The summed E-state index contributed by atoms with van der Waals surface area (Å²) in [7, 11) is 1.77. The molecule has 1 aliphatic heterocycles. The molecule has 0 aromatic carbocycles. The SMILES string of the molecule is CN1CCC#CC1C(=O)O. The fourth-order valence-corrected chi connectivity index (χ4v) is 0.891.